The maximum absolute atomic E-state index is 12.4. The fraction of sp³-hybridized carbons (Fsp3) is 0.278. The van der Waals surface area contributed by atoms with Crippen LogP contribution in [0.3, 0.4) is 0 Å². The quantitative estimate of drug-likeness (QED) is 0.574. The summed E-state index contributed by atoms with van der Waals surface area (Å²) in [6.45, 7) is 2.55. The minimum atomic E-state index is 0.127. The first-order valence-electron chi connectivity index (χ1n) is 7.83. The molecule has 2 aromatic carbocycles. The highest BCUT2D eigenvalue weighted by atomic mass is 127. The van der Waals surface area contributed by atoms with Crippen LogP contribution < -0.4 is 4.74 Å². The van der Waals surface area contributed by atoms with Gasteiger partial charge in [-0.1, -0.05) is 0 Å². The standard InChI is InChI=1S/C18H17I2NO4/c19-15-9-12(11-17(23)21-5-7-24-8-6-21)10-16(20)18(15)25-14-3-1-13(22)2-4-14/h1-4,9-10,22H,5-8,11H2. The molecule has 1 aliphatic rings. The highest BCUT2D eigenvalue weighted by molar-refractivity contribution is 14.1. The molecule has 25 heavy (non-hydrogen) atoms. The zero-order valence-electron chi connectivity index (χ0n) is 13.4. The van der Waals surface area contributed by atoms with Gasteiger partial charge < -0.3 is 19.5 Å². The summed E-state index contributed by atoms with van der Waals surface area (Å²) in [6, 6.07) is 10.6. The third kappa shape index (κ3) is 4.98. The highest BCUT2D eigenvalue weighted by Crippen LogP contribution is 2.33. The van der Waals surface area contributed by atoms with Crippen LogP contribution in [-0.4, -0.2) is 42.2 Å². The Bertz CT molecular complexity index is 735. The van der Waals surface area contributed by atoms with E-state index in [1.165, 1.54) is 0 Å². The number of rotatable bonds is 4. The van der Waals surface area contributed by atoms with E-state index >= 15 is 0 Å². The van der Waals surface area contributed by atoms with E-state index in [-0.39, 0.29) is 11.7 Å². The van der Waals surface area contributed by atoms with Crippen molar-refractivity contribution in [1.29, 1.82) is 0 Å². The van der Waals surface area contributed by atoms with Gasteiger partial charge in [-0.15, -0.1) is 0 Å². The fourth-order valence-corrected chi connectivity index (χ4v) is 4.66. The number of phenolic OH excluding ortho intramolecular Hbond substituents is 1. The summed E-state index contributed by atoms with van der Waals surface area (Å²) in [6.07, 6.45) is 0.380. The normalized spacial score (nSPS) is 14.4. The lowest BCUT2D eigenvalue weighted by Gasteiger charge is -2.27. The Kier molecular flexibility index (Phi) is 6.39. The van der Waals surface area contributed by atoms with Crippen LogP contribution in [0.5, 0.6) is 17.2 Å². The number of amides is 1. The second-order valence-electron chi connectivity index (χ2n) is 5.65. The molecule has 0 bridgehead atoms. The number of carbonyl (C=O) groups is 1. The molecule has 1 aliphatic heterocycles. The van der Waals surface area contributed by atoms with Gasteiger partial charge in [-0.2, -0.15) is 0 Å². The average molecular weight is 565 g/mol. The van der Waals surface area contributed by atoms with Gasteiger partial charge in [0.25, 0.3) is 0 Å². The second kappa shape index (κ2) is 8.54. The molecule has 1 N–H and O–H groups in total. The smallest absolute Gasteiger partial charge is 0.227 e. The van der Waals surface area contributed by atoms with Gasteiger partial charge in [-0.25, -0.2) is 0 Å². The number of ether oxygens (including phenoxy) is 2. The molecular weight excluding hydrogens is 548 g/mol. The lowest BCUT2D eigenvalue weighted by Crippen LogP contribution is -2.41. The monoisotopic (exact) mass is 565 g/mol. The van der Waals surface area contributed by atoms with Gasteiger partial charge in [0, 0.05) is 13.1 Å². The van der Waals surface area contributed by atoms with Crippen molar-refractivity contribution in [3.8, 4) is 17.2 Å². The summed E-state index contributed by atoms with van der Waals surface area (Å²) in [7, 11) is 0. The van der Waals surface area contributed by atoms with Crippen LogP contribution in [0, 0.1) is 7.14 Å². The summed E-state index contributed by atoms with van der Waals surface area (Å²) >= 11 is 4.44. The van der Waals surface area contributed by atoms with Crippen LogP contribution >= 0.6 is 45.2 Å². The zero-order chi connectivity index (χ0) is 17.8. The van der Waals surface area contributed by atoms with E-state index < -0.39 is 0 Å². The number of halogens is 2. The number of hydrogen-bond donors (Lipinski definition) is 1. The van der Waals surface area contributed by atoms with Crippen LogP contribution in [-0.2, 0) is 16.0 Å². The third-order valence-corrected chi connectivity index (χ3v) is 5.44. The summed E-state index contributed by atoms with van der Waals surface area (Å²) in [5.41, 5.74) is 0.975. The molecule has 0 atom stereocenters. The van der Waals surface area contributed by atoms with Crippen LogP contribution in [0.1, 0.15) is 5.56 Å². The maximum atomic E-state index is 12.4. The fourth-order valence-electron chi connectivity index (χ4n) is 2.54. The zero-order valence-corrected chi connectivity index (χ0v) is 17.7. The average Bonchev–Trinajstić information content (AvgIpc) is 2.60. The lowest BCUT2D eigenvalue weighted by molar-refractivity contribution is -0.134. The van der Waals surface area contributed by atoms with Crippen LogP contribution in [0.4, 0.5) is 0 Å². The summed E-state index contributed by atoms with van der Waals surface area (Å²) < 4.78 is 13.1. The van der Waals surface area contributed by atoms with Crippen molar-refractivity contribution in [2.24, 2.45) is 0 Å². The van der Waals surface area contributed by atoms with Crippen molar-refractivity contribution in [3.63, 3.8) is 0 Å². The Morgan fingerprint density at radius 2 is 1.72 bits per heavy atom. The Morgan fingerprint density at radius 3 is 2.32 bits per heavy atom. The van der Waals surface area contributed by atoms with E-state index in [9.17, 15) is 9.90 Å². The van der Waals surface area contributed by atoms with Gasteiger partial charge in [-0.3, -0.25) is 4.79 Å². The molecule has 132 valence electrons. The van der Waals surface area contributed by atoms with Gasteiger partial charge in [0.2, 0.25) is 5.91 Å². The Hall–Kier alpha value is -1.07. The van der Waals surface area contributed by atoms with Gasteiger partial charge in [0.05, 0.1) is 26.8 Å². The number of morpholine rings is 1. The number of aromatic hydroxyl groups is 1. The van der Waals surface area contributed by atoms with Gasteiger partial charge in [-0.05, 0) is 87.1 Å². The molecule has 1 heterocycles. The minimum Gasteiger partial charge on any atom is -0.508 e. The largest absolute Gasteiger partial charge is 0.508 e. The lowest BCUT2D eigenvalue weighted by atomic mass is 10.1. The molecule has 1 fully saturated rings. The topological polar surface area (TPSA) is 59.0 Å². The highest BCUT2D eigenvalue weighted by Gasteiger charge is 2.18. The predicted molar refractivity (Wildman–Crippen MR) is 111 cm³/mol. The number of carbonyl (C=O) groups excluding carboxylic acids is 1. The molecule has 0 aliphatic carbocycles. The van der Waals surface area contributed by atoms with Gasteiger partial charge in [0.1, 0.15) is 11.5 Å². The number of nitrogens with zero attached hydrogens (tertiary/aromatic N) is 1. The summed E-state index contributed by atoms with van der Waals surface area (Å²) in [4.78, 5) is 14.3. The van der Waals surface area contributed by atoms with E-state index in [0.29, 0.717) is 38.5 Å². The van der Waals surface area contributed by atoms with E-state index in [2.05, 4.69) is 45.2 Å². The molecular formula is C18H17I2NO4. The van der Waals surface area contributed by atoms with Crippen molar-refractivity contribution < 1.29 is 19.4 Å². The van der Waals surface area contributed by atoms with E-state index in [1.54, 1.807) is 24.3 Å². The van der Waals surface area contributed by atoms with Crippen LogP contribution in [0.25, 0.3) is 0 Å². The Morgan fingerprint density at radius 1 is 1.12 bits per heavy atom. The number of hydrogen-bond acceptors (Lipinski definition) is 4. The van der Waals surface area contributed by atoms with Gasteiger partial charge in [0.15, 0.2) is 5.75 Å². The SMILES string of the molecule is O=C(Cc1cc(I)c(Oc2ccc(O)cc2)c(I)c1)N1CCOCC1. The number of benzene rings is 2. The first-order chi connectivity index (χ1) is 12.0. The van der Waals surface area contributed by atoms with E-state index in [4.69, 9.17) is 9.47 Å². The molecule has 2 aromatic rings. The minimum absolute atomic E-state index is 0.127. The predicted octanol–water partition coefficient (Wildman–Crippen LogP) is 3.80. The molecule has 1 amide bonds. The molecule has 0 unspecified atom stereocenters. The van der Waals surface area contributed by atoms with Crippen molar-refractivity contribution in [2.45, 2.75) is 6.42 Å². The molecule has 7 heteroatoms. The van der Waals surface area contributed by atoms with Crippen LogP contribution in [0.2, 0.25) is 0 Å². The van der Waals surface area contributed by atoms with Crippen molar-refractivity contribution in [1.82, 2.24) is 4.90 Å². The maximum Gasteiger partial charge on any atom is 0.227 e. The summed E-state index contributed by atoms with van der Waals surface area (Å²) in [5, 5.41) is 9.36. The Balaban J connectivity index is 1.73. The van der Waals surface area contributed by atoms with Gasteiger partial charge >= 0.3 is 0 Å². The molecule has 0 radical (unpaired) electrons. The van der Waals surface area contributed by atoms with Crippen molar-refractivity contribution >= 4 is 51.1 Å². The number of phenols is 1. The first-order valence-corrected chi connectivity index (χ1v) is 9.99. The molecule has 0 aromatic heterocycles. The van der Waals surface area contributed by atoms with E-state index in [0.717, 1.165) is 18.5 Å². The Labute approximate surface area is 173 Å². The first kappa shape index (κ1) is 18.7. The second-order valence-corrected chi connectivity index (χ2v) is 7.98. The van der Waals surface area contributed by atoms with Crippen molar-refractivity contribution in [2.75, 3.05) is 26.3 Å². The summed E-state index contributed by atoms with van der Waals surface area (Å²) in [5.74, 6) is 1.75. The van der Waals surface area contributed by atoms with Crippen LogP contribution in [0.15, 0.2) is 36.4 Å². The molecule has 1 saturated heterocycles. The van der Waals surface area contributed by atoms with E-state index in [1.807, 2.05) is 17.0 Å². The van der Waals surface area contributed by atoms with Crippen molar-refractivity contribution in [3.05, 3.63) is 49.1 Å². The third-order valence-electron chi connectivity index (χ3n) is 3.83. The molecule has 5 nitrogen and oxygen atoms in total. The molecule has 3 rings (SSSR count). The molecule has 0 saturated carbocycles. The molecule has 0 spiro atoms.